The highest BCUT2D eigenvalue weighted by molar-refractivity contribution is 6.18. The van der Waals surface area contributed by atoms with E-state index in [0.717, 1.165) is 4.90 Å². The highest BCUT2D eigenvalue weighted by Gasteiger charge is 2.31. The van der Waals surface area contributed by atoms with Gasteiger partial charge in [-0.15, -0.1) is 11.6 Å². The van der Waals surface area contributed by atoms with Crippen LogP contribution in [0.1, 0.15) is 11.4 Å². The largest absolute Gasteiger partial charge is 0.406 e. The molecular formula is C10H13ClF3N3. The monoisotopic (exact) mass is 267 g/mol. The molecule has 0 radical (unpaired) electrons. The third-order valence-electron chi connectivity index (χ3n) is 1.98. The lowest BCUT2D eigenvalue weighted by atomic mass is 10.3. The average molecular weight is 268 g/mol. The molecule has 0 atom stereocenters. The van der Waals surface area contributed by atoms with E-state index in [4.69, 9.17) is 11.6 Å². The molecule has 0 amide bonds. The average Bonchev–Trinajstić information content (AvgIpc) is 2.13. The van der Waals surface area contributed by atoms with Crippen molar-refractivity contribution in [1.29, 1.82) is 0 Å². The first-order valence-electron chi connectivity index (χ1n) is 5.02. The molecule has 0 spiro atoms. The molecule has 0 aliphatic rings. The van der Waals surface area contributed by atoms with Gasteiger partial charge in [-0.25, -0.2) is 9.97 Å². The number of hydrogen-bond acceptors (Lipinski definition) is 3. The lowest BCUT2D eigenvalue weighted by Gasteiger charge is -2.23. The smallest absolute Gasteiger partial charge is 0.331 e. The maximum atomic E-state index is 12.4. The zero-order valence-electron chi connectivity index (χ0n) is 9.55. The molecule has 1 heterocycles. The van der Waals surface area contributed by atoms with E-state index in [1.54, 1.807) is 19.9 Å². The van der Waals surface area contributed by atoms with Crippen molar-refractivity contribution in [3.63, 3.8) is 0 Å². The second-order valence-electron chi connectivity index (χ2n) is 3.68. The number of hydrogen-bond donors (Lipinski definition) is 0. The summed E-state index contributed by atoms with van der Waals surface area (Å²) in [4.78, 5) is 9.02. The van der Waals surface area contributed by atoms with Gasteiger partial charge in [0.25, 0.3) is 0 Å². The summed E-state index contributed by atoms with van der Waals surface area (Å²) in [6.07, 6.45) is -4.30. The van der Waals surface area contributed by atoms with Crippen molar-refractivity contribution in [3.05, 3.63) is 17.5 Å². The van der Waals surface area contributed by atoms with Crippen molar-refractivity contribution in [3.8, 4) is 0 Å². The third-order valence-corrected chi connectivity index (χ3v) is 2.15. The molecule has 7 heteroatoms. The first-order chi connectivity index (χ1) is 7.81. The quantitative estimate of drug-likeness (QED) is 0.786. The van der Waals surface area contributed by atoms with E-state index in [-0.39, 0.29) is 18.4 Å². The van der Waals surface area contributed by atoms with Crippen LogP contribution in [-0.2, 0) is 0 Å². The maximum absolute atomic E-state index is 12.4. The Hall–Kier alpha value is -1.04. The highest BCUT2D eigenvalue weighted by atomic mass is 35.5. The van der Waals surface area contributed by atoms with E-state index in [1.807, 2.05) is 0 Å². The number of alkyl halides is 4. The fourth-order valence-corrected chi connectivity index (χ4v) is 1.62. The molecule has 0 bridgehead atoms. The number of aryl methyl sites for hydroxylation is 2. The lowest BCUT2D eigenvalue weighted by Crippen LogP contribution is -2.37. The van der Waals surface area contributed by atoms with Gasteiger partial charge in [0.1, 0.15) is 6.54 Å². The van der Waals surface area contributed by atoms with Crippen LogP contribution in [0.5, 0.6) is 0 Å². The van der Waals surface area contributed by atoms with Gasteiger partial charge in [0.15, 0.2) is 0 Å². The molecule has 1 aromatic rings. The van der Waals surface area contributed by atoms with Crippen LogP contribution in [0.15, 0.2) is 6.07 Å². The van der Waals surface area contributed by atoms with Gasteiger partial charge in [-0.05, 0) is 19.9 Å². The molecule has 0 unspecified atom stereocenters. The van der Waals surface area contributed by atoms with Crippen LogP contribution in [0.2, 0.25) is 0 Å². The minimum absolute atomic E-state index is 0.0595. The molecule has 0 aliphatic heterocycles. The second-order valence-corrected chi connectivity index (χ2v) is 4.05. The van der Waals surface area contributed by atoms with E-state index < -0.39 is 12.7 Å². The zero-order valence-corrected chi connectivity index (χ0v) is 10.3. The molecule has 3 nitrogen and oxygen atoms in total. The van der Waals surface area contributed by atoms with Gasteiger partial charge in [-0.2, -0.15) is 13.2 Å². The van der Waals surface area contributed by atoms with E-state index >= 15 is 0 Å². The van der Waals surface area contributed by atoms with Crippen LogP contribution < -0.4 is 4.90 Å². The van der Waals surface area contributed by atoms with Crippen molar-refractivity contribution >= 4 is 17.5 Å². The van der Waals surface area contributed by atoms with E-state index in [2.05, 4.69) is 9.97 Å². The lowest BCUT2D eigenvalue weighted by molar-refractivity contribution is -0.119. The molecule has 1 aromatic heterocycles. The van der Waals surface area contributed by atoms with Crippen molar-refractivity contribution in [1.82, 2.24) is 9.97 Å². The normalized spacial score (nSPS) is 11.6. The Kier molecular flexibility index (Phi) is 4.56. The molecule has 0 fully saturated rings. The predicted molar refractivity (Wildman–Crippen MR) is 60.5 cm³/mol. The molecule has 0 aliphatic carbocycles. The van der Waals surface area contributed by atoms with Crippen molar-refractivity contribution in [2.24, 2.45) is 0 Å². The van der Waals surface area contributed by atoms with E-state index in [0.29, 0.717) is 11.4 Å². The minimum Gasteiger partial charge on any atom is -0.331 e. The van der Waals surface area contributed by atoms with Gasteiger partial charge >= 0.3 is 6.18 Å². The first-order valence-corrected chi connectivity index (χ1v) is 5.55. The molecular weight excluding hydrogens is 255 g/mol. The maximum Gasteiger partial charge on any atom is 0.406 e. The third kappa shape index (κ3) is 4.77. The van der Waals surface area contributed by atoms with Gasteiger partial charge in [0.05, 0.1) is 0 Å². The predicted octanol–water partition coefficient (Wildman–Crippen LogP) is 2.70. The summed E-state index contributed by atoms with van der Waals surface area (Å²) in [5.74, 6) is 0.160. The fraction of sp³-hybridized carbons (Fsp3) is 0.600. The summed E-state index contributed by atoms with van der Waals surface area (Å²) < 4.78 is 37.1. The highest BCUT2D eigenvalue weighted by Crippen LogP contribution is 2.20. The number of rotatable bonds is 4. The summed E-state index contributed by atoms with van der Waals surface area (Å²) >= 11 is 5.49. The summed E-state index contributed by atoms with van der Waals surface area (Å²) in [5.41, 5.74) is 1.27. The Labute approximate surface area is 103 Å². The van der Waals surface area contributed by atoms with Gasteiger partial charge in [0.2, 0.25) is 5.95 Å². The molecule has 1 rings (SSSR count). The Morgan fingerprint density at radius 3 is 2.18 bits per heavy atom. The Balaban J connectivity index is 2.96. The topological polar surface area (TPSA) is 29.0 Å². The van der Waals surface area contributed by atoms with Crippen LogP contribution in [0, 0.1) is 13.8 Å². The molecule has 96 valence electrons. The van der Waals surface area contributed by atoms with Crippen molar-refractivity contribution in [2.45, 2.75) is 20.0 Å². The van der Waals surface area contributed by atoms with Gasteiger partial charge in [-0.1, -0.05) is 0 Å². The second kappa shape index (κ2) is 5.53. The standard InChI is InChI=1S/C10H13ClF3N3/c1-7-5-8(2)16-9(15-7)17(4-3-11)6-10(12,13)14/h5H,3-4,6H2,1-2H3. The molecule has 17 heavy (non-hydrogen) atoms. The van der Waals surface area contributed by atoms with Crippen LogP contribution in [0.4, 0.5) is 19.1 Å². The SMILES string of the molecule is Cc1cc(C)nc(N(CCCl)CC(F)(F)F)n1. The molecule has 0 saturated carbocycles. The van der Waals surface area contributed by atoms with Crippen molar-refractivity contribution < 1.29 is 13.2 Å². The fourth-order valence-electron chi connectivity index (χ4n) is 1.42. The summed E-state index contributed by atoms with van der Waals surface area (Å²) in [6.45, 7) is 2.39. The number of nitrogens with zero attached hydrogens (tertiary/aromatic N) is 3. The first kappa shape index (κ1) is 14.0. The number of halogens is 4. The minimum atomic E-state index is -4.30. The molecule has 0 aromatic carbocycles. The van der Waals surface area contributed by atoms with Gasteiger partial charge in [0, 0.05) is 23.8 Å². The van der Waals surface area contributed by atoms with Crippen LogP contribution in [-0.4, -0.2) is 35.1 Å². The number of anilines is 1. The summed E-state index contributed by atoms with van der Waals surface area (Å²) in [6, 6.07) is 1.70. The van der Waals surface area contributed by atoms with E-state index in [9.17, 15) is 13.2 Å². The Morgan fingerprint density at radius 2 is 1.76 bits per heavy atom. The molecule has 0 saturated heterocycles. The van der Waals surface area contributed by atoms with E-state index in [1.165, 1.54) is 0 Å². The summed E-state index contributed by atoms with van der Waals surface area (Å²) in [7, 11) is 0. The van der Waals surface area contributed by atoms with Crippen LogP contribution in [0.3, 0.4) is 0 Å². The summed E-state index contributed by atoms with van der Waals surface area (Å²) in [5, 5.41) is 0. The van der Waals surface area contributed by atoms with Crippen LogP contribution >= 0.6 is 11.6 Å². The number of aromatic nitrogens is 2. The van der Waals surface area contributed by atoms with Crippen molar-refractivity contribution in [2.75, 3.05) is 23.9 Å². The Morgan fingerprint density at radius 1 is 1.24 bits per heavy atom. The van der Waals surface area contributed by atoms with Gasteiger partial charge < -0.3 is 4.90 Å². The zero-order chi connectivity index (χ0) is 13.1. The Bertz CT molecular complexity index is 361. The van der Waals surface area contributed by atoms with Gasteiger partial charge in [-0.3, -0.25) is 0 Å². The molecule has 0 N–H and O–H groups in total. The van der Waals surface area contributed by atoms with Crippen LogP contribution in [0.25, 0.3) is 0 Å².